The number of hydrogen-bond acceptors (Lipinski definition) is 5. The number of carbonyl (C=O) groups excluding carboxylic acids is 1. The van der Waals surface area contributed by atoms with Gasteiger partial charge in [-0.25, -0.2) is 13.4 Å². The van der Waals surface area contributed by atoms with Crippen molar-refractivity contribution >= 4 is 15.8 Å². The quantitative estimate of drug-likeness (QED) is 0.719. The van der Waals surface area contributed by atoms with Crippen molar-refractivity contribution < 1.29 is 13.2 Å². The number of nitrogens with zero attached hydrogens (tertiary/aromatic N) is 4. The van der Waals surface area contributed by atoms with Crippen LogP contribution in [0, 0.1) is 0 Å². The molecule has 0 bridgehead atoms. The van der Waals surface area contributed by atoms with E-state index in [1.807, 2.05) is 10.8 Å². The zero-order chi connectivity index (χ0) is 17.9. The first kappa shape index (κ1) is 17.8. The number of imidazole rings is 1. The summed E-state index contributed by atoms with van der Waals surface area (Å²) in [4.78, 5) is 17.9. The third-order valence-corrected chi connectivity index (χ3v) is 6.34. The van der Waals surface area contributed by atoms with Crippen LogP contribution in [0.2, 0.25) is 0 Å². The minimum absolute atomic E-state index is 0.138. The second-order valence-electron chi connectivity index (χ2n) is 6.13. The fourth-order valence-corrected chi connectivity index (χ4v) is 4.36. The monoisotopic (exact) mass is 362 g/mol. The van der Waals surface area contributed by atoms with Crippen LogP contribution in [0.3, 0.4) is 0 Å². The molecule has 0 atom stereocenters. The molecule has 3 rings (SSSR count). The highest BCUT2D eigenvalue weighted by Crippen LogP contribution is 2.19. The van der Waals surface area contributed by atoms with E-state index in [1.54, 1.807) is 30.7 Å². The highest BCUT2D eigenvalue weighted by atomic mass is 32.2. The van der Waals surface area contributed by atoms with Crippen LogP contribution in [0.4, 0.5) is 0 Å². The summed E-state index contributed by atoms with van der Waals surface area (Å²) < 4.78 is 29.1. The van der Waals surface area contributed by atoms with Crippen molar-refractivity contribution in [2.45, 2.75) is 18.4 Å². The first-order valence-electron chi connectivity index (χ1n) is 8.26. The van der Waals surface area contributed by atoms with Gasteiger partial charge in [-0.3, -0.25) is 9.69 Å². The molecule has 0 spiro atoms. The maximum Gasteiger partial charge on any atom is 0.243 e. The van der Waals surface area contributed by atoms with Gasteiger partial charge in [-0.1, -0.05) is 12.1 Å². The Morgan fingerprint density at radius 1 is 1.16 bits per heavy atom. The van der Waals surface area contributed by atoms with Crippen LogP contribution in [0.15, 0.2) is 47.9 Å². The molecule has 7 nitrogen and oxygen atoms in total. The Balaban J connectivity index is 1.61. The Hall–Kier alpha value is -2.03. The molecule has 0 radical (unpaired) electrons. The molecule has 1 aromatic carbocycles. The number of Topliss-reactive ketones (excluding diaryl/α,β-unsaturated/α-hetero) is 1. The number of hydrogen-bond donors (Lipinski definition) is 0. The summed E-state index contributed by atoms with van der Waals surface area (Å²) >= 11 is 0. The molecule has 0 saturated carbocycles. The molecule has 1 aliphatic heterocycles. The largest absolute Gasteiger partial charge is 0.336 e. The molecule has 2 aromatic rings. The van der Waals surface area contributed by atoms with E-state index in [0.29, 0.717) is 31.7 Å². The smallest absolute Gasteiger partial charge is 0.243 e. The lowest BCUT2D eigenvalue weighted by molar-refractivity contribution is 0.101. The van der Waals surface area contributed by atoms with Gasteiger partial charge in [-0.2, -0.15) is 4.31 Å². The van der Waals surface area contributed by atoms with Gasteiger partial charge >= 0.3 is 0 Å². The number of piperazine rings is 1. The normalized spacial score (nSPS) is 16.8. The molecule has 2 heterocycles. The first-order valence-corrected chi connectivity index (χ1v) is 9.70. The number of benzene rings is 1. The average molecular weight is 362 g/mol. The van der Waals surface area contributed by atoms with Crippen molar-refractivity contribution in [2.24, 2.45) is 0 Å². The van der Waals surface area contributed by atoms with Gasteiger partial charge in [0.15, 0.2) is 5.78 Å². The van der Waals surface area contributed by atoms with E-state index in [-0.39, 0.29) is 10.7 Å². The van der Waals surface area contributed by atoms with E-state index in [9.17, 15) is 13.2 Å². The van der Waals surface area contributed by atoms with E-state index in [2.05, 4.69) is 9.88 Å². The Morgan fingerprint density at radius 3 is 2.56 bits per heavy atom. The third-order valence-electron chi connectivity index (χ3n) is 4.44. The fraction of sp³-hybridized carbons (Fsp3) is 0.412. The standard InChI is InChI=1S/C17H22N4O3S/c1-15(22)16-3-2-4-17(13-16)25(23,24)21-11-9-19(10-12-21)7-8-20-6-5-18-14-20/h2-6,13-14H,7-12H2,1H3. The van der Waals surface area contributed by atoms with E-state index in [0.717, 1.165) is 13.1 Å². The molecule has 1 aromatic heterocycles. The SMILES string of the molecule is CC(=O)c1cccc(S(=O)(=O)N2CCN(CCn3ccnc3)CC2)c1. The van der Waals surface area contributed by atoms with Crippen LogP contribution in [-0.2, 0) is 16.6 Å². The van der Waals surface area contributed by atoms with Gasteiger partial charge < -0.3 is 4.57 Å². The second kappa shape index (κ2) is 7.47. The Bertz CT molecular complexity index is 825. The second-order valence-corrected chi connectivity index (χ2v) is 8.07. The first-order chi connectivity index (χ1) is 12.0. The Morgan fingerprint density at radius 2 is 1.92 bits per heavy atom. The van der Waals surface area contributed by atoms with Crippen molar-refractivity contribution in [1.29, 1.82) is 0 Å². The topological polar surface area (TPSA) is 75.5 Å². The summed E-state index contributed by atoms with van der Waals surface area (Å²) in [6, 6.07) is 6.26. The summed E-state index contributed by atoms with van der Waals surface area (Å²) in [6.45, 7) is 5.44. The van der Waals surface area contributed by atoms with Gasteiger partial charge in [0.05, 0.1) is 11.2 Å². The van der Waals surface area contributed by atoms with Crippen molar-refractivity contribution in [1.82, 2.24) is 18.8 Å². The lowest BCUT2D eigenvalue weighted by Crippen LogP contribution is -2.49. The lowest BCUT2D eigenvalue weighted by atomic mass is 10.2. The molecule has 0 amide bonds. The van der Waals surface area contributed by atoms with Gasteiger partial charge in [-0.05, 0) is 19.1 Å². The van der Waals surface area contributed by atoms with Crippen molar-refractivity contribution in [3.05, 3.63) is 48.5 Å². The molecule has 0 aliphatic carbocycles. The van der Waals surface area contributed by atoms with Crippen LogP contribution in [0.5, 0.6) is 0 Å². The van der Waals surface area contributed by atoms with Gasteiger partial charge in [-0.15, -0.1) is 0 Å². The zero-order valence-corrected chi connectivity index (χ0v) is 15.0. The zero-order valence-electron chi connectivity index (χ0n) is 14.2. The van der Waals surface area contributed by atoms with Crippen LogP contribution in [-0.4, -0.2) is 65.7 Å². The number of sulfonamides is 1. The molecule has 1 aliphatic rings. The van der Waals surface area contributed by atoms with Gasteiger partial charge in [0.2, 0.25) is 10.0 Å². The maximum absolute atomic E-state index is 12.8. The van der Waals surface area contributed by atoms with Crippen LogP contribution in [0.25, 0.3) is 0 Å². The van der Waals surface area contributed by atoms with E-state index in [4.69, 9.17) is 0 Å². The summed E-state index contributed by atoms with van der Waals surface area (Å²) in [7, 11) is -3.56. The molecular formula is C17H22N4O3S. The number of aromatic nitrogens is 2. The fourth-order valence-electron chi connectivity index (χ4n) is 2.89. The predicted octanol–water partition coefficient (Wildman–Crippen LogP) is 1.09. The summed E-state index contributed by atoms with van der Waals surface area (Å²) in [5.74, 6) is -0.138. The predicted molar refractivity (Wildman–Crippen MR) is 93.9 cm³/mol. The molecule has 0 unspecified atom stereocenters. The van der Waals surface area contributed by atoms with E-state index < -0.39 is 10.0 Å². The molecule has 8 heteroatoms. The summed E-state index contributed by atoms with van der Waals surface area (Å²) in [5.41, 5.74) is 0.417. The molecule has 25 heavy (non-hydrogen) atoms. The Labute approximate surface area is 147 Å². The Kier molecular flexibility index (Phi) is 5.31. The summed E-state index contributed by atoms with van der Waals surface area (Å²) in [5, 5.41) is 0. The minimum atomic E-state index is -3.56. The highest BCUT2D eigenvalue weighted by Gasteiger charge is 2.28. The van der Waals surface area contributed by atoms with Gasteiger partial charge in [0, 0.05) is 57.2 Å². The molecular weight excluding hydrogens is 340 g/mol. The highest BCUT2D eigenvalue weighted by molar-refractivity contribution is 7.89. The van der Waals surface area contributed by atoms with Gasteiger partial charge in [0.25, 0.3) is 0 Å². The molecule has 134 valence electrons. The van der Waals surface area contributed by atoms with E-state index >= 15 is 0 Å². The molecule has 1 fully saturated rings. The van der Waals surface area contributed by atoms with Gasteiger partial charge in [0.1, 0.15) is 0 Å². The van der Waals surface area contributed by atoms with Crippen molar-refractivity contribution in [2.75, 3.05) is 32.7 Å². The molecule has 1 saturated heterocycles. The van der Waals surface area contributed by atoms with Crippen molar-refractivity contribution in [3.8, 4) is 0 Å². The summed E-state index contributed by atoms with van der Waals surface area (Å²) in [6.07, 6.45) is 5.45. The number of carbonyl (C=O) groups is 1. The molecule has 0 N–H and O–H groups in total. The number of ketones is 1. The van der Waals surface area contributed by atoms with Crippen LogP contribution >= 0.6 is 0 Å². The number of rotatable bonds is 6. The van der Waals surface area contributed by atoms with Crippen LogP contribution in [0.1, 0.15) is 17.3 Å². The lowest BCUT2D eigenvalue weighted by Gasteiger charge is -2.34. The van der Waals surface area contributed by atoms with Crippen molar-refractivity contribution in [3.63, 3.8) is 0 Å². The van der Waals surface area contributed by atoms with Crippen LogP contribution < -0.4 is 0 Å². The average Bonchev–Trinajstić information content (AvgIpc) is 3.14. The third kappa shape index (κ3) is 4.15. The van der Waals surface area contributed by atoms with E-state index in [1.165, 1.54) is 17.3 Å². The maximum atomic E-state index is 12.8. The minimum Gasteiger partial charge on any atom is -0.336 e.